The number of anilines is 1. The van der Waals surface area contributed by atoms with E-state index in [1.54, 1.807) is 0 Å². The summed E-state index contributed by atoms with van der Waals surface area (Å²) in [5.41, 5.74) is 6.16. The minimum absolute atomic E-state index is 0.00778. The first-order valence-electron chi connectivity index (χ1n) is 6.76. The molecule has 2 aliphatic heterocycles. The molecule has 2 N–H and O–H groups in total. The van der Waals surface area contributed by atoms with Crippen LogP contribution in [0, 0.1) is 0 Å². The second-order valence-corrected chi connectivity index (χ2v) is 5.04. The highest BCUT2D eigenvalue weighted by atomic mass is 16.2. The highest BCUT2D eigenvalue weighted by molar-refractivity contribution is 5.95. The molecular formula is C14H19N3O. The van der Waals surface area contributed by atoms with Crippen molar-refractivity contribution in [3.63, 3.8) is 0 Å². The van der Waals surface area contributed by atoms with Gasteiger partial charge in [0.25, 0.3) is 5.91 Å². The van der Waals surface area contributed by atoms with E-state index in [0.29, 0.717) is 0 Å². The fourth-order valence-corrected chi connectivity index (χ4v) is 2.65. The van der Waals surface area contributed by atoms with Crippen LogP contribution in [0.3, 0.4) is 0 Å². The van der Waals surface area contributed by atoms with Crippen LogP contribution in [0.2, 0.25) is 0 Å². The molecular weight excluding hydrogens is 226 g/mol. The lowest BCUT2D eigenvalue weighted by atomic mass is 10.1. The van der Waals surface area contributed by atoms with Gasteiger partial charge in [-0.05, 0) is 37.0 Å². The third-order valence-corrected chi connectivity index (χ3v) is 3.70. The summed E-state index contributed by atoms with van der Waals surface area (Å²) < 4.78 is 0. The predicted octanol–water partition coefficient (Wildman–Crippen LogP) is 1.79. The average Bonchev–Trinajstić information content (AvgIpc) is 2.87. The number of hydrogen-bond acceptors (Lipinski definition) is 3. The Kier molecular flexibility index (Phi) is 3.19. The van der Waals surface area contributed by atoms with Crippen LogP contribution >= 0.6 is 0 Å². The molecule has 0 radical (unpaired) electrons. The van der Waals surface area contributed by atoms with Gasteiger partial charge in [-0.2, -0.15) is 0 Å². The van der Waals surface area contributed by atoms with Crippen LogP contribution in [0.25, 0.3) is 0 Å². The number of fused-ring (bicyclic) bond motifs is 1. The fourth-order valence-electron chi connectivity index (χ4n) is 2.65. The zero-order valence-corrected chi connectivity index (χ0v) is 10.5. The van der Waals surface area contributed by atoms with E-state index in [-0.39, 0.29) is 5.91 Å². The smallest absolute Gasteiger partial charge is 0.265 e. The lowest BCUT2D eigenvalue weighted by molar-refractivity contribution is 0.0750. The lowest BCUT2D eigenvalue weighted by Crippen LogP contribution is -2.45. The molecule has 4 nitrogen and oxygen atoms in total. The van der Waals surface area contributed by atoms with Gasteiger partial charge in [-0.25, -0.2) is 5.01 Å². The summed E-state index contributed by atoms with van der Waals surface area (Å²) >= 11 is 0. The van der Waals surface area contributed by atoms with Crippen LogP contribution < -0.4 is 10.7 Å². The molecule has 1 aromatic carbocycles. The van der Waals surface area contributed by atoms with Gasteiger partial charge >= 0.3 is 0 Å². The highest BCUT2D eigenvalue weighted by Gasteiger charge is 2.16. The molecule has 1 fully saturated rings. The molecule has 3 rings (SSSR count). The molecule has 0 aliphatic carbocycles. The lowest BCUT2D eigenvalue weighted by Gasteiger charge is -2.26. The van der Waals surface area contributed by atoms with Crippen molar-refractivity contribution in [1.29, 1.82) is 0 Å². The van der Waals surface area contributed by atoms with E-state index in [1.165, 1.54) is 24.8 Å². The molecule has 0 bridgehead atoms. The van der Waals surface area contributed by atoms with Crippen molar-refractivity contribution in [1.82, 2.24) is 10.4 Å². The number of nitrogens with one attached hydrogen (secondary N) is 2. The first-order valence-corrected chi connectivity index (χ1v) is 6.76. The molecule has 0 spiro atoms. The van der Waals surface area contributed by atoms with E-state index in [2.05, 4.69) is 16.8 Å². The zero-order chi connectivity index (χ0) is 12.4. The Morgan fingerprint density at radius 2 is 2.06 bits per heavy atom. The Morgan fingerprint density at radius 3 is 2.89 bits per heavy atom. The van der Waals surface area contributed by atoms with E-state index in [1.807, 2.05) is 17.1 Å². The molecule has 0 atom stereocenters. The Bertz CT molecular complexity index is 452. The average molecular weight is 245 g/mol. The number of rotatable bonds is 2. The molecule has 1 aromatic rings. The Morgan fingerprint density at radius 1 is 1.22 bits per heavy atom. The maximum Gasteiger partial charge on any atom is 0.265 e. The van der Waals surface area contributed by atoms with Gasteiger partial charge in [0, 0.05) is 30.9 Å². The zero-order valence-electron chi connectivity index (χ0n) is 10.5. The summed E-state index contributed by atoms with van der Waals surface area (Å²) in [4.78, 5) is 12.1. The van der Waals surface area contributed by atoms with Crippen molar-refractivity contribution in [3.05, 3.63) is 29.3 Å². The van der Waals surface area contributed by atoms with Gasteiger partial charge < -0.3 is 5.32 Å². The normalized spacial score (nSPS) is 19.1. The number of amides is 1. The van der Waals surface area contributed by atoms with Crippen LogP contribution in [-0.2, 0) is 6.42 Å². The molecule has 18 heavy (non-hydrogen) atoms. The van der Waals surface area contributed by atoms with E-state index in [0.717, 1.165) is 37.3 Å². The van der Waals surface area contributed by atoms with E-state index in [9.17, 15) is 4.79 Å². The summed E-state index contributed by atoms with van der Waals surface area (Å²) in [7, 11) is 0. The SMILES string of the molecule is O=C(NN1CCCCC1)c1ccc2c(c1)NCC2. The molecule has 1 saturated heterocycles. The topological polar surface area (TPSA) is 44.4 Å². The van der Waals surface area contributed by atoms with Crippen LogP contribution in [0.5, 0.6) is 0 Å². The predicted molar refractivity (Wildman–Crippen MR) is 71.5 cm³/mol. The second-order valence-electron chi connectivity index (χ2n) is 5.04. The quantitative estimate of drug-likeness (QED) is 0.835. The van der Waals surface area contributed by atoms with Gasteiger partial charge in [0.2, 0.25) is 0 Å². The first kappa shape index (κ1) is 11.5. The number of carbonyl (C=O) groups excluding carboxylic acids is 1. The third kappa shape index (κ3) is 2.34. The maximum atomic E-state index is 12.1. The number of piperidine rings is 1. The molecule has 96 valence electrons. The number of benzene rings is 1. The van der Waals surface area contributed by atoms with Crippen LogP contribution in [-0.4, -0.2) is 30.6 Å². The highest BCUT2D eigenvalue weighted by Crippen LogP contribution is 2.23. The van der Waals surface area contributed by atoms with Crippen LogP contribution in [0.15, 0.2) is 18.2 Å². The third-order valence-electron chi connectivity index (χ3n) is 3.70. The van der Waals surface area contributed by atoms with Gasteiger partial charge in [0.1, 0.15) is 0 Å². The summed E-state index contributed by atoms with van der Waals surface area (Å²) in [6, 6.07) is 5.94. The van der Waals surface area contributed by atoms with Gasteiger partial charge in [-0.1, -0.05) is 12.5 Å². The molecule has 1 amide bonds. The minimum Gasteiger partial charge on any atom is -0.384 e. The molecule has 0 unspecified atom stereocenters. The fraction of sp³-hybridized carbons (Fsp3) is 0.500. The number of carbonyl (C=O) groups is 1. The van der Waals surface area contributed by atoms with Crippen molar-refractivity contribution in [2.75, 3.05) is 25.0 Å². The molecule has 2 aliphatic rings. The summed E-state index contributed by atoms with van der Waals surface area (Å²) in [5.74, 6) is 0.00778. The van der Waals surface area contributed by atoms with E-state index >= 15 is 0 Å². The maximum absolute atomic E-state index is 12.1. The van der Waals surface area contributed by atoms with Crippen molar-refractivity contribution >= 4 is 11.6 Å². The van der Waals surface area contributed by atoms with Crippen molar-refractivity contribution in [2.24, 2.45) is 0 Å². The van der Waals surface area contributed by atoms with E-state index < -0.39 is 0 Å². The molecule has 4 heteroatoms. The largest absolute Gasteiger partial charge is 0.384 e. The Balaban J connectivity index is 1.68. The Hall–Kier alpha value is -1.55. The van der Waals surface area contributed by atoms with Gasteiger partial charge in [0.05, 0.1) is 0 Å². The standard InChI is InChI=1S/C14H19N3O/c18-14(16-17-8-2-1-3-9-17)12-5-4-11-6-7-15-13(11)10-12/h4-5,10,15H,1-3,6-9H2,(H,16,18). The van der Waals surface area contributed by atoms with Crippen molar-refractivity contribution in [3.8, 4) is 0 Å². The number of nitrogens with zero attached hydrogens (tertiary/aromatic N) is 1. The van der Waals surface area contributed by atoms with E-state index in [4.69, 9.17) is 0 Å². The Labute approximate surface area is 107 Å². The summed E-state index contributed by atoms with van der Waals surface area (Å²) in [6.45, 7) is 2.91. The molecule has 2 heterocycles. The number of hydrogen-bond donors (Lipinski definition) is 2. The van der Waals surface area contributed by atoms with Gasteiger partial charge in [-0.3, -0.25) is 10.2 Å². The van der Waals surface area contributed by atoms with Crippen LogP contribution in [0.4, 0.5) is 5.69 Å². The first-order chi connectivity index (χ1) is 8.83. The van der Waals surface area contributed by atoms with Gasteiger partial charge in [0.15, 0.2) is 0 Å². The number of hydrazine groups is 1. The molecule has 0 aromatic heterocycles. The van der Waals surface area contributed by atoms with Crippen LogP contribution in [0.1, 0.15) is 35.2 Å². The monoisotopic (exact) mass is 245 g/mol. The van der Waals surface area contributed by atoms with Crippen molar-refractivity contribution < 1.29 is 4.79 Å². The van der Waals surface area contributed by atoms with Crippen molar-refractivity contribution in [2.45, 2.75) is 25.7 Å². The second kappa shape index (κ2) is 4.98. The summed E-state index contributed by atoms with van der Waals surface area (Å²) in [5, 5.41) is 5.34. The van der Waals surface area contributed by atoms with Gasteiger partial charge in [-0.15, -0.1) is 0 Å². The molecule has 0 saturated carbocycles. The minimum atomic E-state index is 0.00778. The summed E-state index contributed by atoms with van der Waals surface area (Å²) in [6.07, 6.45) is 4.68.